The first-order valence-electron chi connectivity index (χ1n) is 6.13. The van der Waals surface area contributed by atoms with Gasteiger partial charge in [0.15, 0.2) is 5.76 Å². The van der Waals surface area contributed by atoms with E-state index < -0.39 is 0 Å². The lowest BCUT2D eigenvalue weighted by atomic mass is 10.2. The van der Waals surface area contributed by atoms with E-state index >= 15 is 0 Å². The molecule has 1 aromatic carbocycles. The number of aryl methyl sites for hydroxylation is 2. The summed E-state index contributed by atoms with van der Waals surface area (Å²) in [7, 11) is 0. The number of aromatic nitrogens is 1. The lowest BCUT2D eigenvalue weighted by Crippen LogP contribution is -2.27. The maximum absolute atomic E-state index is 11.7. The van der Waals surface area contributed by atoms with Crippen LogP contribution in [0, 0.1) is 13.8 Å². The molecule has 100 valence electrons. The van der Waals surface area contributed by atoms with Crippen LogP contribution in [0.25, 0.3) is 0 Å². The van der Waals surface area contributed by atoms with E-state index in [2.05, 4.69) is 15.8 Å². The molecule has 0 fully saturated rings. The molecule has 1 amide bonds. The topological polar surface area (TPSA) is 67.2 Å². The highest BCUT2D eigenvalue weighted by atomic mass is 16.5. The van der Waals surface area contributed by atoms with Crippen LogP contribution in [0.1, 0.15) is 17.0 Å². The molecule has 0 spiro atoms. The molecule has 0 aliphatic rings. The van der Waals surface area contributed by atoms with Crippen LogP contribution in [0.3, 0.4) is 0 Å². The maximum atomic E-state index is 11.7. The van der Waals surface area contributed by atoms with E-state index in [0.29, 0.717) is 6.54 Å². The molecular formula is C14H17N3O2. The number of nitrogens with zero attached hydrogens (tertiary/aromatic N) is 1. The van der Waals surface area contributed by atoms with Gasteiger partial charge in [0.25, 0.3) is 0 Å². The Morgan fingerprint density at radius 3 is 2.79 bits per heavy atom. The summed E-state index contributed by atoms with van der Waals surface area (Å²) in [5, 5.41) is 9.64. The average Bonchev–Trinajstić information content (AvgIpc) is 2.78. The molecule has 19 heavy (non-hydrogen) atoms. The van der Waals surface area contributed by atoms with Gasteiger partial charge in [-0.25, -0.2) is 0 Å². The fourth-order valence-corrected chi connectivity index (χ4v) is 1.71. The first kappa shape index (κ1) is 13.3. The van der Waals surface area contributed by atoms with Gasteiger partial charge in [0.05, 0.1) is 18.8 Å². The number of para-hydroxylation sites is 1. The Morgan fingerprint density at radius 2 is 2.11 bits per heavy atom. The molecule has 5 nitrogen and oxygen atoms in total. The van der Waals surface area contributed by atoms with Crippen LogP contribution < -0.4 is 10.6 Å². The van der Waals surface area contributed by atoms with E-state index in [1.807, 2.05) is 44.2 Å². The van der Waals surface area contributed by atoms with E-state index in [-0.39, 0.29) is 12.5 Å². The molecule has 0 aliphatic carbocycles. The van der Waals surface area contributed by atoms with Crippen LogP contribution in [-0.2, 0) is 11.3 Å². The zero-order valence-electron chi connectivity index (χ0n) is 11.1. The summed E-state index contributed by atoms with van der Waals surface area (Å²) in [5.41, 5.74) is 2.72. The fourth-order valence-electron chi connectivity index (χ4n) is 1.71. The lowest BCUT2D eigenvalue weighted by molar-refractivity contribution is -0.115. The second-order valence-corrected chi connectivity index (χ2v) is 4.40. The zero-order chi connectivity index (χ0) is 13.7. The van der Waals surface area contributed by atoms with Crippen molar-refractivity contribution >= 4 is 11.6 Å². The minimum absolute atomic E-state index is 0.0782. The fraction of sp³-hybridized carbons (Fsp3) is 0.286. The van der Waals surface area contributed by atoms with Gasteiger partial charge >= 0.3 is 0 Å². The monoisotopic (exact) mass is 259 g/mol. The summed E-state index contributed by atoms with van der Waals surface area (Å²) in [4.78, 5) is 11.7. The van der Waals surface area contributed by atoms with E-state index in [9.17, 15) is 4.79 Å². The number of rotatable bonds is 5. The van der Waals surface area contributed by atoms with Gasteiger partial charge in [-0.15, -0.1) is 0 Å². The lowest BCUT2D eigenvalue weighted by Gasteiger charge is -2.08. The molecule has 0 saturated carbocycles. The second-order valence-electron chi connectivity index (χ2n) is 4.40. The van der Waals surface area contributed by atoms with E-state index in [1.54, 1.807) is 0 Å². The number of carbonyl (C=O) groups excluding carboxylic acids is 1. The summed E-state index contributed by atoms with van der Waals surface area (Å²) in [6.07, 6.45) is 0. The Morgan fingerprint density at radius 1 is 1.32 bits per heavy atom. The minimum atomic E-state index is -0.0782. The van der Waals surface area contributed by atoms with Crippen molar-refractivity contribution in [3.8, 4) is 0 Å². The third-order valence-corrected chi connectivity index (χ3v) is 2.68. The van der Waals surface area contributed by atoms with Gasteiger partial charge in [-0.2, -0.15) is 0 Å². The van der Waals surface area contributed by atoms with Crippen molar-refractivity contribution in [1.29, 1.82) is 0 Å². The molecule has 0 bridgehead atoms. The van der Waals surface area contributed by atoms with Gasteiger partial charge < -0.3 is 15.2 Å². The Labute approximate surface area is 112 Å². The van der Waals surface area contributed by atoms with Gasteiger partial charge in [0.2, 0.25) is 5.91 Å². The second kappa shape index (κ2) is 6.15. The average molecular weight is 259 g/mol. The number of carbonyl (C=O) groups is 1. The smallest absolute Gasteiger partial charge is 0.238 e. The van der Waals surface area contributed by atoms with Gasteiger partial charge in [-0.3, -0.25) is 4.79 Å². The third-order valence-electron chi connectivity index (χ3n) is 2.68. The van der Waals surface area contributed by atoms with E-state index in [0.717, 1.165) is 22.7 Å². The van der Waals surface area contributed by atoms with E-state index in [4.69, 9.17) is 4.52 Å². The van der Waals surface area contributed by atoms with Crippen molar-refractivity contribution in [2.45, 2.75) is 20.4 Å². The van der Waals surface area contributed by atoms with Crippen molar-refractivity contribution in [2.24, 2.45) is 0 Å². The highest BCUT2D eigenvalue weighted by molar-refractivity contribution is 5.92. The van der Waals surface area contributed by atoms with Gasteiger partial charge in [0, 0.05) is 11.8 Å². The molecule has 0 radical (unpaired) electrons. The van der Waals surface area contributed by atoms with Crippen molar-refractivity contribution in [1.82, 2.24) is 10.5 Å². The molecule has 1 heterocycles. The van der Waals surface area contributed by atoms with Crippen LogP contribution in [0.4, 0.5) is 5.69 Å². The predicted molar refractivity (Wildman–Crippen MR) is 72.8 cm³/mol. The first-order valence-corrected chi connectivity index (χ1v) is 6.13. The number of hydrogen-bond donors (Lipinski definition) is 2. The number of benzene rings is 1. The molecule has 2 aromatic rings. The summed E-state index contributed by atoms with van der Waals surface area (Å²) in [5.74, 6) is 0.645. The Hall–Kier alpha value is -2.14. The number of anilines is 1. The molecule has 0 aliphatic heterocycles. The molecule has 0 saturated heterocycles. The standard InChI is InChI=1S/C14H17N3O2/c1-10-5-3-4-6-13(10)16-14(18)9-15-8-12-7-11(2)17-19-12/h3-7,15H,8-9H2,1-2H3,(H,16,18). The minimum Gasteiger partial charge on any atom is -0.360 e. The summed E-state index contributed by atoms with van der Waals surface area (Å²) in [6, 6.07) is 9.52. The van der Waals surface area contributed by atoms with Gasteiger partial charge in [0.1, 0.15) is 0 Å². The summed E-state index contributed by atoms with van der Waals surface area (Å²) < 4.78 is 5.04. The largest absolute Gasteiger partial charge is 0.360 e. The van der Waals surface area contributed by atoms with Crippen molar-refractivity contribution in [3.63, 3.8) is 0 Å². The summed E-state index contributed by atoms with van der Waals surface area (Å²) >= 11 is 0. The van der Waals surface area contributed by atoms with Crippen LogP contribution >= 0.6 is 0 Å². The van der Waals surface area contributed by atoms with Crippen LogP contribution in [0.15, 0.2) is 34.9 Å². The van der Waals surface area contributed by atoms with Gasteiger partial charge in [-0.05, 0) is 25.5 Å². The van der Waals surface area contributed by atoms with Crippen molar-refractivity contribution in [3.05, 3.63) is 47.3 Å². The Balaban J connectivity index is 1.77. The van der Waals surface area contributed by atoms with Gasteiger partial charge in [-0.1, -0.05) is 23.4 Å². The van der Waals surface area contributed by atoms with Crippen LogP contribution in [0.5, 0.6) is 0 Å². The molecule has 2 rings (SSSR count). The molecular weight excluding hydrogens is 242 g/mol. The maximum Gasteiger partial charge on any atom is 0.238 e. The zero-order valence-corrected chi connectivity index (χ0v) is 11.1. The van der Waals surface area contributed by atoms with Crippen LogP contribution in [-0.4, -0.2) is 17.6 Å². The van der Waals surface area contributed by atoms with E-state index in [1.165, 1.54) is 0 Å². The van der Waals surface area contributed by atoms with Crippen molar-refractivity contribution < 1.29 is 9.32 Å². The highest BCUT2D eigenvalue weighted by Crippen LogP contribution is 2.12. The Kier molecular flexibility index (Phi) is 4.30. The highest BCUT2D eigenvalue weighted by Gasteiger charge is 2.05. The molecule has 5 heteroatoms. The quantitative estimate of drug-likeness (QED) is 0.862. The number of hydrogen-bond acceptors (Lipinski definition) is 4. The molecule has 0 atom stereocenters. The summed E-state index contributed by atoms with van der Waals surface area (Å²) in [6.45, 7) is 4.54. The first-order chi connectivity index (χ1) is 9.15. The van der Waals surface area contributed by atoms with Crippen molar-refractivity contribution in [2.75, 3.05) is 11.9 Å². The normalized spacial score (nSPS) is 10.4. The number of amides is 1. The number of nitrogens with one attached hydrogen (secondary N) is 2. The Bertz CT molecular complexity index is 563. The SMILES string of the molecule is Cc1cc(CNCC(=O)Nc2ccccc2C)on1. The molecule has 0 unspecified atom stereocenters. The predicted octanol–water partition coefficient (Wildman–Crippen LogP) is 2.02. The molecule has 2 N–H and O–H groups in total. The third kappa shape index (κ3) is 3.93. The van der Waals surface area contributed by atoms with Crippen LogP contribution in [0.2, 0.25) is 0 Å². The molecule has 1 aromatic heterocycles.